The second kappa shape index (κ2) is 3.90. The average Bonchev–Trinajstić information content (AvgIpc) is 2.16. The third-order valence-corrected chi connectivity index (χ3v) is 2.21. The summed E-state index contributed by atoms with van der Waals surface area (Å²) in [4.78, 5) is 11.3. The Morgan fingerprint density at radius 3 is 2.60 bits per heavy atom. The minimum Gasteiger partial charge on any atom is -0.402 e. The molecule has 0 N–H and O–H groups in total. The van der Waals surface area contributed by atoms with E-state index in [4.69, 9.17) is 14.2 Å². The van der Waals surface area contributed by atoms with E-state index in [0.717, 1.165) is 0 Å². The molecule has 0 aliphatic carbocycles. The number of hydrogen-bond acceptors (Lipinski definition) is 4. The predicted molar refractivity (Wildman–Crippen MR) is 52.5 cm³/mol. The Hall–Kier alpha value is -1.55. The molecule has 1 heterocycles. The number of hydrogen-bond donors (Lipinski definition) is 0. The van der Waals surface area contributed by atoms with E-state index in [1.165, 1.54) is 0 Å². The maximum Gasteiger partial charge on any atom is 0.516 e. The molecule has 4 nitrogen and oxygen atoms in total. The molecule has 1 unspecified atom stereocenters. The van der Waals surface area contributed by atoms with Gasteiger partial charge in [0.25, 0.3) is 0 Å². The summed E-state index contributed by atoms with van der Waals surface area (Å²) in [6, 6.07) is 8.78. The van der Waals surface area contributed by atoms with Gasteiger partial charge in [-0.05, 0) is 12.1 Å². The van der Waals surface area contributed by atoms with Crippen LogP contribution >= 0.6 is 0 Å². The summed E-state index contributed by atoms with van der Waals surface area (Å²) in [5.41, 5.74) is 0. The zero-order valence-corrected chi connectivity index (χ0v) is 8.43. The van der Waals surface area contributed by atoms with Crippen molar-refractivity contribution >= 4 is 6.16 Å². The molecule has 0 amide bonds. The van der Waals surface area contributed by atoms with Crippen molar-refractivity contribution in [1.29, 1.82) is 0 Å². The zero-order valence-electron chi connectivity index (χ0n) is 8.43. The Bertz CT molecular complexity index is 343. The smallest absolute Gasteiger partial charge is 0.402 e. The standard InChI is InChI=1S/C11H12O4/c1-11(7-8-13-11)15-10(12)14-9-5-3-2-4-6-9/h2-6H,7-8H2,1H3. The first-order chi connectivity index (χ1) is 7.18. The van der Waals surface area contributed by atoms with Gasteiger partial charge in [0.1, 0.15) is 5.75 Å². The summed E-state index contributed by atoms with van der Waals surface area (Å²) >= 11 is 0. The molecule has 0 radical (unpaired) electrons. The van der Waals surface area contributed by atoms with Crippen LogP contribution in [-0.4, -0.2) is 18.5 Å². The normalized spacial score (nSPS) is 24.1. The fourth-order valence-electron chi connectivity index (χ4n) is 1.25. The largest absolute Gasteiger partial charge is 0.516 e. The van der Waals surface area contributed by atoms with Crippen LogP contribution in [0.5, 0.6) is 5.75 Å². The van der Waals surface area contributed by atoms with Crippen molar-refractivity contribution in [2.24, 2.45) is 0 Å². The zero-order chi connectivity index (χ0) is 10.7. The number of ether oxygens (including phenoxy) is 3. The van der Waals surface area contributed by atoms with E-state index in [9.17, 15) is 4.79 Å². The third-order valence-electron chi connectivity index (χ3n) is 2.21. The highest BCUT2D eigenvalue weighted by atomic mass is 16.8. The van der Waals surface area contributed by atoms with Gasteiger partial charge in [0, 0.05) is 13.3 Å². The fraction of sp³-hybridized carbons (Fsp3) is 0.364. The molecule has 0 spiro atoms. The Labute approximate surface area is 87.8 Å². The first kappa shape index (κ1) is 9.98. The van der Waals surface area contributed by atoms with E-state index in [1.54, 1.807) is 31.2 Å². The van der Waals surface area contributed by atoms with Crippen molar-refractivity contribution in [3.8, 4) is 5.75 Å². The van der Waals surface area contributed by atoms with Gasteiger partial charge < -0.3 is 14.2 Å². The Kier molecular flexibility index (Phi) is 2.60. The van der Waals surface area contributed by atoms with Gasteiger partial charge in [-0.3, -0.25) is 0 Å². The topological polar surface area (TPSA) is 44.8 Å². The van der Waals surface area contributed by atoms with Gasteiger partial charge in [0.15, 0.2) is 0 Å². The molecule has 15 heavy (non-hydrogen) atoms. The second-order valence-electron chi connectivity index (χ2n) is 3.50. The Morgan fingerprint density at radius 1 is 1.40 bits per heavy atom. The molecule has 1 saturated heterocycles. The Balaban J connectivity index is 1.87. The quantitative estimate of drug-likeness (QED) is 0.552. The van der Waals surface area contributed by atoms with Crippen LogP contribution < -0.4 is 4.74 Å². The second-order valence-corrected chi connectivity index (χ2v) is 3.50. The van der Waals surface area contributed by atoms with Gasteiger partial charge in [0.2, 0.25) is 5.79 Å². The predicted octanol–water partition coefficient (Wildman–Crippen LogP) is 2.34. The lowest BCUT2D eigenvalue weighted by Gasteiger charge is -2.36. The van der Waals surface area contributed by atoms with Gasteiger partial charge in [-0.15, -0.1) is 0 Å². The molecule has 2 rings (SSSR count). The first-order valence-corrected chi connectivity index (χ1v) is 4.78. The van der Waals surface area contributed by atoms with Crippen molar-refractivity contribution in [3.63, 3.8) is 0 Å². The van der Waals surface area contributed by atoms with Crippen LogP contribution in [-0.2, 0) is 9.47 Å². The van der Waals surface area contributed by atoms with E-state index in [0.29, 0.717) is 18.8 Å². The molecular weight excluding hydrogens is 196 g/mol. The molecule has 1 aliphatic heterocycles. The van der Waals surface area contributed by atoms with E-state index in [1.807, 2.05) is 6.07 Å². The number of carbonyl (C=O) groups excluding carboxylic acids is 1. The summed E-state index contributed by atoms with van der Waals surface area (Å²) in [6.45, 7) is 2.33. The number of benzene rings is 1. The molecule has 1 aromatic rings. The SMILES string of the molecule is CC1(OC(=O)Oc2ccccc2)CCO1. The summed E-state index contributed by atoms with van der Waals surface area (Å²) in [6.07, 6.45) is -0.0277. The fourth-order valence-corrected chi connectivity index (χ4v) is 1.25. The first-order valence-electron chi connectivity index (χ1n) is 4.78. The molecule has 80 valence electrons. The van der Waals surface area contributed by atoms with Crippen LogP contribution in [0.2, 0.25) is 0 Å². The highest BCUT2D eigenvalue weighted by Gasteiger charge is 2.38. The molecular formula is C11H12O4. The van der Waals surface area contributed by atoms with E-state index >= 15 is 0 Å². The van der Waals surface area contributed by atoms with Gasteiger partial charge >= 0.3 is 6.16 Å². The lowest BCUT2D eigenvalue weighted by Crippen LogP contribution is -2.45. The van der Waals surface area contributed by atoms with Crippen LogP contribution in [0.1, 0.15) is 13.3 Å². The maximum absolute atomic E-state index is 11.3. The molecule has 1 fully saturated rings. The molecule has 1 aliphatic rings. The highest BCUT2D eigenvalue weighted by Crippen LogP contribution is 2.27. The van der Waals surface area contributed by atoms with Crippen LogP contribution in [0.3, 0.4) is 0 Å². The van der Waals surface area contributed by atoms with Crippen LogP contribution in [0.4, 0.5) is 4.79 Å². The number of rotatable bonds is 2. The molecule has 1 atom stereocenters. The van der Waals surface area contributed by atoms with Crippen LogP contribution in [0, 0.1) is 0 Å². The van der Waals surface area contributed by atoms with Crippen molar-refractivity contribution in [2.45, 2.75) is 19.1 Å². The van der Waals surface area contributed by atoms with E-state index < -0.39 is 11.9 Å². The third kappa shape index (κ3) is 2.47. The highest BCUT2D eigenvalue weighted by molar-refractivity contribution is 5.64. The minimum absolute atomic E-state index is 0.463. The summed E-state index contributed by atoms with van der Waals surface area (Å²) < 4.78 is 15.0. The lowest BCUT2D eigenvalue weighted by molar-refractivity contribution is -0.270. The molecule has 4 heteroatoms. The van der Waals surface area contributed by atoms with Crippen LogP contribution in [0.15, 0.2) is 30.3 Å². The molecule has 0 bridgehead atoms. The van der Waals surface area contributed by atoms with Crippen molar-refractivity contribution in [3.05, 3.63) is 30.3 Å². The van der Waals surface area contributed by atoms with Gasteiger partial charge in [-0.1, -0.05) is 18.2 Å². The maximum atomic E-state index is 11.3. The van der Waals surface area contributed by atoms with Gasteiger partial charge in [-0.2, -0.15) is 0 Å². The Morgan fingerprint density at radius 2 is 2.07 bits per heavy atom. The number of carbonyl (C=O) groups is 1. The van der Waals surface area contributed by atoms with Crippen molar-refractivity contribution < 1.29 is 19.0 Å². The van der Waals surface area contributed by atoms with Crippen molar-refractivity contribution in [1.82, 2.24) is 0 Å². The lowest BCUT2D eigenvalue weighted by atomic mass is 10.1. The monoisotopic (exact) mass is 208 g/mol. The summed E-state index contributed by atoms with van der Waals surface area (Å²) in [5, 5.41) is 0. The number of para-hydroxylation sites is 1. The summed E-state index contributed by atoms with van der Waals surface area (Å²) in [5.74, 6) is -0.336. The minimum atomic E-state index is -0.800. The van der Waals surface area contributed by atoms with Crippen LogP contribution in [0.25, 0.3) is 0 Å². The summed E-state index contributed by atoms with van der Waals surface area (Å²) in [7, 11) is 0. The van der Waals surface area contributed by atoms with Gasteiger partial charge in [0.05, 0.1) is 6.61 Å². The molecule has 1 aromatic carbocycles. The molecule has 0 saturated carbocycles. The molecule has 0 aromatic heterocycles. The van der Waals surface area contributed by atoms with E-state index in [-0.39, 0.29) is 0 Å². The average molecular weight is 208 g/mol. The van der Waals surface area contributed by atoms with Crippen molar-refractivity contribution in [2.75, 3.05) is 6.61 Å². The van der Waals surface area contributed by atoms with E-state index in [2.05, 4.69) is 0 Å². The van der Waals surface area contributed by atoms with Gasteiger partial charge in [-0.25, -0.2) is 4.79 Å².